The summed E-state index contributed by atoms with van der Waals surface area (Å²) < 4.78 is 11.5. The lowest BCUT2D eigenvalue weighted by Gasteiger charge is -2.36. The molecule has 0 aromatic heterocycles. The number of hydrogen-bond acceptors (Lipinski definition) is 7. The number of carbonyl (C=O) groups is 2. The van der Waals surface area contributed by atoms with Crippen LogP contribution >= 0.6 is 23.2 Å². The number of carbonyl (C=O) groups excluding carboxylic acids is 2. The van der Waals surface area contributed by atoms with E-state index >= 15 is 0 Å². The minimum atomic E-state index is -0.208. The van der Waals surface area contributed by atoms with Crippen LogP contribution < -0.4 is 14.5 Å². The van der Waals surface area contributed by atoms with Crippen LogP contribution in [-0.4, -0.2) is 70.3 Å². The molecule has 0 aliphatic carbocycles. The van der Waals surface area contributed by atoms with Crippen molar-refractivity contribution in [2.75, 3.05) is 62.9 Å². The fourth-order valence-corrected chi connectivity index (χ4v) is 4.95. The van der Waals surface area contributed by atoms with Crippen LogP contribution in [0.3, 0.4) is 0 Å². The molecule has 1 unspecified atom stereocenters. The first-order chi connectivity index (χ1) is 18.8. The van der Waals surface area contributed by atoms with Crippen molar-refractivity contribution in [1.82, 2.24) is 4.90 Å². The first-order valence-electron chi connectivity index (χ1n) is 13.8. The van der Waals surface area contributed by atoms with Gasteiger partial charge in [-0.15, -0.1) is 0 Å². The normalized spacial score (nSPS) is 14.6. The summed E-state index contributed by atoms with van der Waals surface area (Å²) in [4.78, 5) is 29.7. The number of aryl methyl sites for hydroxylation is 1. The van der Waals surface area contributed by atoms with Crippen LogP contribution in [0.4, 0.5) is 11.4 Å². The molecule has 9 heteroatoms. The summed E-state index contributed by atoms with van der Waals surface area (Å²) in [5.41, 5.74) is 2.94. The first kappa shape index (κ1) is 31.1. The lowest BCUT2D eigenvalue weighted by atomic mass is 10.1. The van der Waals surface area contributed by atoms with Gasteiger partial charge < -0.3 is 24.1 Å². The van der Waals surface area contributed by atoms with Crippen molar-refractivity contribution in [3.63, 3.8) is 0 Å². The van der Waals surface area contributed by atoms with Crippen LogP contribution in [0.1, 0.15) is 45.1 Å². The molecule has 7 nitrogen and oxygen atoms in total. The molecule has 1 aliphatic heterocycles. The summed E-state index contributed by atoms with van der Waals surface area (Å²) in [5, 5.41) is 1.22. The minimum Gasteiger partial charge on any atom is -0.494 e. The summed E-state index contributed by atoms with van der Waals surface area (Å²) in [5.74, 6) is 0.431. The Balaban J connectivity index is 1.44. The van der Waals surface area contributed by atoms with Crippen LogP contribution in [0.2, 0.25) is 10.0 Å². The number of anilines is 2. The van der Waals surface area contributed by atoms with Gasteiger partial charge in [0.15, 0.2) is 6.73 Å². The molecule has 0 bridgehead atoms. The fourth-order valence-electron chi connectivity index (χ4n) is 4.53. The number of benzene rings is 2. The topological polar surface area (TPSA) is 62.3 Å². The molecule has 0 amide bonds. The Morgan fingerprint density at radius 1 is 1.13 bits per heavy atom. The van der Waals surface area contributed by atoms with Crippen LogP contribution in [0, 0.1) is 5.92 Å². The second-order valence-corrected chi connectivity index (χ2v) is 10.8. The van der Waals surface area contributed by atoms with E-state index in [1.54, 1.807) is 0 Å². The number of ether oxygens (including phenoxy) is 2. The fraction of sp³-hybridized carbons (Fsp3) is 0.533. The van der Waals surface area contributed by atoms with E-state index in [-0.39, 0.29) is 18.6 Å². The van der Waals surface area contributed by atoms with Gasteiger partial charge in [-0.3, -0.25) is 9.69 Å². The van der Waals surface area contributed by atoms with E-state index in [0.29, 0.717) is 29.5 Å². The number of aldehydes is 1. The van der Waals surface area contributed by atoms with Gasteiger partial charge in [0.2, 0.25) is 0 Å². The third-order valence-corrected chi connectivity index (χ3v) is 8.01. The molecule has 0 N–H and O–H groups in total. The number of halogens is 2. The molecule has 39 heavy (non-hydrogen) atoms. The van der Waals surface area contributed by atoms with Gasteiger partial charge in [0, 0.05) is 51.4 Å². The van der Waals surface area contributed by atoms with Crippen LogP contribution in [0.15, 0.2) is 36.4 Å². The number of unbranched alkanes of at least 4 members (excludes halogenated alkanes) is 1. The van der Waals surface area contributed by atoms with Crippen molar-refractivity contribution in [2.24, 2.45) is 5.92 Å². The zero-order valence-electron chi connectivity index (χ0n) is 23.3. The van der Waals surface area contributed by atoms with Gasteiger partial charge in [-0.2, -0.15) is 0 Å². The second-order valence-electron chi connectivity index (χ2n) is 10.1. The standard InChI is InChI=1S/C30H41Cl2N3O4/c1-4-23(2)30(37)39-22-33(3)28-21-25(13-12-24(28)9-8-19-36)38-20-6-5-14-34-15-17-35(18-16-34)27-11-7-10-26(31)29(27)32/h7,10-13,19,21,23H,4-6,8-9,14-18,20,22H2,1-3H3. The van der Waals surface area contributed by atoms with Crippen molar-refractivity contribution >= 4 is 46.8 Å². The largest absolute Gasteiger partial charge is 0.494 e. The van der Waals surface area contributed by atoms with Crippen molar-refractivity contribution in [2.45, 2.75) is 46.0 Å². The van der Waals surface area contributed by atoms with Crippen molar-refractivity contribution in [1.29, 1.82) is 0 Å². The highest BCUT2D eigenvalue weighted by molar-refractivity contribution is 6.43. The quantitative estimate of drug-likeness (QED) is 0.110. The molecule has 3 rings (SSSR count). The lowest BCUT2D eigenvalue weighted by molar-refractivity contribution is -0.147. The Labute approximate surface area is 242 Å². The molecule has 1 fully saturated rings. The average Bonchev–Trinajstić information content (AvgIpc) is 2.96. The SMILES string of the molecule is CCC(C)C(=O)OCN(C)c1cc(OCCCCN2CCN(c3cccc(Cl)c3Cl)CC2)ccc1CCC=O. The summed E-state index contributed by atoms with van der Waals surface area (Å²) >= 11 is 12.6. The van der Waals surface area contributed by atoms with Gasteiger partial charge in [0.05, 0.1) is 28.3 Å². The van der Waals surface area contributed by atoms with Crippen LogP contribution in [-0.2, 0) is 20.7 Å². The molecule has 1 heterocycles. The molecule has 0 radical (unpaired) electrons. The second kappa shape index (κ2) is 15.9. The van der Waals surface area contributed by atoms with Gasteiger partial charge >= 0.3 is 5.97 Å². The molecule has 0 spiro atoms. The maximum absolute atomic E-state index is 12.1. The molecular weight excluding hydrogens is 537 g/mol. The number of hydrogen-bond donors (Lipinski definition) is 0. The van der Waals surface area contributed by atoms with Gasteiger partial charge in [0.25, 0.3) is 0 Å². The Morgan fingerprint density at radius 2 is 1.90 bits per heavy atom. The van der Waals surface area contributed by atoms with Gasteiger partial charge in [-0.25, -0.2) is 0 Å². The molecule has 1 saturated heterocycles. The highest BCUT2D eigenvalue weighted by Crippen LogP contribution is 2.33. The van der Waals surface area contributed by atoms with Crippen LogP contribution in [0.5, 0.6) is 5.75 Å². The zero-order valence-corrected chi connectivity index (χ0v) is 24.8. The third-order valence-electron chi connectivity index (χ3n) is 7.20. The molecule has 2 aromatic rings. The smallest absolute Gasteiger partial charge is 0.310 e. The number of esters is 1. The zero-order chi connectivity index (χ0) is 28.2. The van der Waals surface area contributed by atoms with Gasteiger partial charge in [-0.1, -0.05) is 49.2 Å². The van der Waals surface area contributed by atoms with E-state index in [1.165, 1.54) is 0 Å². The lowest BCUT2D eigenvalue weighted by Crippen LogP contribution is -2.46. The van der Waals surface area contributed by atoms with E-state index in [4.69, 9.17) is 32.7 Å². The molecule has 214 valence electrons. The Morgan fingerprint density at radius 3 is 2.62 bits per heavy atom. The van der Waals surface area contributed by atoms with E-state index in [2.05, 4.69) is 9.80 Å². The monoisotopic (exact) mass is 577 g/mol. The molecule has 2 aromatic carbocycles. The Kier molecular flexibility index (Phi) is 12.7. The number of piperazine rings is 1. The van der Waals surface area contributed by atoms with Crippen molar-refractivity contribution in [3.8, 4) is 5.75 Å². The summed E-state index contributed by atoms with van der Waals surface area (Å²) in [6.07, 6.45) is 4.72. The van der Waals surface area contributed by atoms with E-state index < -0.39 is 0 Å². The maximum Gasteiger partial charge on any atom is 0.310 e. The van der Waals surface area contributed by atoms with Gasteiger partial charge in [0.1, 0.15) is 12.0 Å². The van der Waals surface area contributed by atoms with Crippen molar-refractivity contribution in [3.05, 3.63) is 52.0 Å². The average molecular weight is 579 g/mol. The minimum absolute atomic E-state index is 0.132. The maximum atomic E-state index is 12.1. The van der Waals surface area contributed by atoms with E-state index in [0.717, 1.165) is 81.0 Å². The molecule has 1 aliphatic rings. The highest BCUT2D eigenvalue weighted by atomic mass is 35.5. The Bertz CT molecular complexity index is 1080. The highest BCUT2D eigenvalue weighted by Gasteiger charge is 2.19. The van der Waals surface area contributed by atoms with E-state index in [9.17, 15) is 9.59 Å². The number of rotatable bonds is 15. The Hall–Kier alpha value is -2.48. The van der Waals surface area contributed by atoms with Crippen molar-refractivity contribution < 1.29 is 19.1 Å². The summed E-state index contributed by atoms with van der Waals surface area (Å²) in [6, 6.07) is 11.7. The molecular formula is C30H41Cl2N3O4. The summed E-state index contributed by atoms with van der Waals surface area (Å²) in [6.45, 7) is 9.46. The predicted octanol–water partition coefficient (Wildman–Crippen LogP) is 6.09. The third kappa shape index (κ3) is 9.30. The first-order valence-corrected chi connectivity index (χ1v) is 14.6. The molecule has 1 atom stereocenters. The van der Waals surface area contributed by atoms with Crippen LogP contribution in [0.25, 0.3) is 0 Å². The van der Waals surface area contributed by atoms with Gasteiger partial charge in [-0.05, 0) is 56.0 Å². The predicted molar refractivity (Wildman–Crippen MR) is 159 cm³/mol. The van der Waals surface area contributed by atoms with E-state index in [1.807, 2.05) is 62.2 Å². The molecule has 0 saturated carbocycles. The number of nitrogens with zero attached hydrogens (tertiary/aromatic N) is 3. The summed E-state index contributed by atoms with van der Waals surface area (Å²) in [7, 11) is 1.88.